The van der Waals surface area contributed by atoms with Gasteiger partial charge in [-0.25, -0.2) is 0 Å². The zero-order chi connectivity index (χ0) is 21.7. The van der Waals surface area contributed by atoms with Crippen LogP contribution in [0.1, 0.15) is 83.1 Å². The minimum absolute atomic E-state index is 0. The maximum atomic E-state index is 9.60. The molecule has 4 radical (unpaired) electrons. The van der Waals surface area contributed by atoms with E-state index >= 15 is 0 Å². The number of ketones is 4. The maximum absolute atomic E-state index is 9.60. The van der Waals surface area contributed by atoms with Gasteiger partial charge in [0.05, 0.1) is 0 Å². The molecule has 0 fully saturated rings. The first-order valence-corrected chi connectivity index (χ1v) is 9.05. The van der Waals surface area contributed by atoms with E-state index in [1.165, 1.54) is 12.8 Å². The quantitative estimate of drug-likeness (QED) is 0.243. The van der Waals surface area contributed by atoms with Gasteiger partial charge in [0.1, 0.15) is 0 Å². The fraction of sp³-hybridized carbons (Fsp3) is 0.727. The Labute approximate surface area is 183 Å². The molecule has 0 unspecified atom stereocenters. The minimum atomic E-state index is -0.306. The number of carbonyl (C=O) groups excluding carboxylic acids is 4. The predicted octanol–water partition coefficient (Wildman–Crippen LogP) is 4.36. The van der Waals surface area contributed by atoms with E-state index in [9.17, 15) is 19.2 Å². The zero-order valence-electron chi connectivity index (χ0n) is 19.4. The van der Waals surface area contributed by atoms with Crippen LogP contribution in [0.3, 0.4) is 0 Å². The van der Waals surface area contributed by atoms with Gasteiger partial charge in [-0.15, -0.1) is 0 Å². The third-order valence-corrected chi connectivity index (χ3v) is 3.62. The molecule has 0 saturated carbocycles. The first-order chi connectivity index (χ1) is 11.1. The van der Waals surface area contributed by atoms with Crippen LogP contribution in [-0.2, 0) is 0 Å². The third-order valence-electron chi connectivity index (χ3n) is 3.62. The molecule has 0 bridgehead atoms. The molecular weight excluding hydrogens is 447 g/mol. The smallest absolute Gasteiger partial charge is 0.184 e. The van der Waals surface area contributed by atoms with E-state index in [4.69, 9.17) is 0 Å². The van der Waals surface area contributed by atoms with Crippen molar-refractivity contribution in [2.75, 3.05) is 0 Å². The second-order valence-electron chi connectivity index (χ2n) is 10.8. The van der Waals surface area contributed by atoms with Gasteiger partial charge < -0.3 is 19.2 Å². The molecule has 0 rings (SSSR count). The van der Waals surface area contributed by atoms with Crippen LogP contribution in [-0.4, -0.2) is 66.2 Å². The molecule has 0 amide bonds. The molecule has 0 aliphatic rings. The first-order valence-electron chi connectivity index (χ1n) is 9.05. The predicted molar refractivity (Wildman–Crippen MR) is 120 cm³/mol. The van der Waals surface area contributed by atoms with E-state index in [0.717, 1.165) is 0 Å². The van der Waals surface area contributed by atoms with Gasteiger partial charge in [0, 0.05) is 45.6 Å². The summed E-state index contributed by atoms with van der Waals surface area (Å²) in [6, 6.07) is 0. The molecule has 0 aromatic carbocycles. The standard InChI is InChI=1S/2C11H19O2.Sn/c2*1-10(2,3)8(12)7-9(13)11(4,5)6;/h2*7H,1-6H3;/q2*-1;/p+4. The molecule has 0 aromatic rings. The summed E-state index contributed by atoms with van der Waals surface area (Å²) >= 11 is 0. The van der Waals surface area contributed by atoms with Gasteiger partial charge in [-0.2, -0.15) is 12.8 Å². The Balaban J connectivity index is -0.000000411. The molecule has 0 aliphatic carbocycles. The Morgan fingerprint density at radius 2 is 0.519 bits per heavy atom. The van der Waals surface area contributed by atoms with Gasteiger partial charge in [0.15, 0.2) is 23.1 Å². The van der Waals surface area contributed by atoms with Crippen molar-refractivity contribution in [2.45, 2.75) is 83.1 Å². The molecular formula is C22H42O4Sn+2. The van der Waals surface area contributed by atoms with Crippen LogP contribution in [0.15, 0.2) is 0 Å². The summed E-state index contributed by atoms with van der Waals surface area (Å²) in [5, 5.41) is 0. The van der Waals surface area contributed by atoms with Crippen molar-refractivity contribution in [3.05, 3.63) is 12.8 Å². The van der Waals surface area contributed by atoms with Crippen LogP contribution in [0.25, 0.3) is 0 Å². The number of rotatable bonds is 4. The topological polar surface area (TPSA) is 85.6 Å². The second kappa shape index (κ2) is 10.7. The maximum Gasteiger partial charge on any atom is 0.184 e. The van der Waals surface area contributed by atoms with Crippen LogP contribution in [0, 0.1) is 34.5 Å². The molecule has 4 nitrogen and oxygen atoms in total. The summed E-state index contributed by atoms with van der Waals surface area (Å²) in [6.45, 7) is 22.8. The Bertz CT molecular complexity index is 435. The van der Waals surface area contributed by atoms with Gasteiger partial charge in [-0.1, -0.05) is 83.1 Å². The van der Waals surface area contributed by atoms with E-state index < -0.39 is 0 Å². The summed E-state index contributed by atoms with van der Waals surface area (Å²) < 4.78 is 0. The van der Waals surface area contributed by atoms with Crippen molar-refractivity contribution < 1.29 is 19.2 Å². The van der Waals surface area contributed by atoms with Crippen molar-refractivity contribution >= 4 is 47.0 Å². The molecule has 0 spiro atoms. The van der Waals surface area contributed by atoms with E-state index in [2.05, 4.69) is 0 Å². The van der Waals surface area contributed by atoms with Crippen molar-refractivity contribution in [3.63, 3.8) is 0 Å². The van der Waals surface area contributed by atoms with Gasteiger partial charge >= 0.3 is 0 Å². The van der Waals surface area contributed by atoms with Crippen LogP contribution in [0.5, 0.6) is 0 Å². The molecule has 0 saturated heterocycles. The van der Waals surface area contributed by atoms with Gasteiger partial charge in [-0.3, -0.25) is 0 Å². The van der Waals surface area contributed by atoms with Crippen molar-refractivity contribution in [2.24, 2.45) is 21.7 Å². The summed E-state index contributed by atoms with van der Waals surface area (Å²) in [7, 11) is 0. The second-order valence-corrected chi connectivity index (χ2v) is 10.8. The molecule has 4 N–H and O–H groups in total. The van der Waals surface area contributed by atoms with Crippen molar-refractivity contribution in [1.82, 2.24) is 0 Å². The summed E-state index contributed by atoms with van der Waals surface area (Å²) in [5.74, 6) is 0.833. The summed E-state index contributed by atoms with van der Waals surface area (Å²) in [4.78, 5) is 38.4. The normalized spacial score (nSPS) is 12.0. The minimum Gasteiger partial charge on any atom is -0.315 e. The van der Waals surface area contributed by atoms with Crippen LogP contribution in [0.2, 0.25) is 0 Å². The average Bonchev–Trinajstić information content (AvgIpc) is 2.34. The molecule has 0 aromatic heterocycles. The van der Waals surface area contributed by atoms with Gasteiger partial charge in [0.25, 0.3) is 0 Å². The average molecular weight is 489 g/mol. The molecule has 0 atom stereocenters. The Morgan fingerprint density at radius 1 is 0.407 bits per heavy atom. The van der Waals surface area contributed by atoms with Crippen LogP contribution < -0.4 is 0 Å². The monoisotopic (exact) mass is 490 g/mol. The fourth-order valence-corrected chi connectivity index (χ4v) is 1.13. The Kier molecular flexibility index (Phi) is 12.2. The van der Waals surface area contributed by atoms with Crippen molar-refractivity contribution in [3.8, 4) is 0 Å². The number of hydrogen-bond acceptors (Lipinski definition) is 0. The molecule has 5 heteroatoms. The first kappa shape index (κ1) is 30.9. The molecule has 156 valence electrons. The van der Waals surface area contributed by atoms with Crippen molar-refractivity contribution in [1.29, 1.82) is 0 Å². The molecule has 27 heavy (non-hydrogen) atoms. The van der Waals surface area contributed by atoms with E-state index in [1.54, 1.807) is 0 Å². The largest absolute Gasteiger partial charge is 0.315 e. The van der Waals surface area contributed by atoms with E-state index in [1.807, 2.05) is 83.1 Å². The third kappa shape index (κ3) is 13.9. The zero-order valence-corrected chi connectivity index (χ0v) is 22.3. The molecule has 0 heterocycles. The van der Waals surface area contributed by atoms with Crippen LogP contribution >= 0.6 is 0 Å². The SMILES string of the molecule is CC(C)(C)C(=[OH+])[CH-]C(=[OH+])C(C)(C)C.CC(C)(C)C(=[OH+])[CH-]C(=[OH+])C(C)(C)C.[Sn]. The van der Waals surface area contributed by atoms with Crippen LogP contribution in [0.4, 0.5) is 0 Å². The Hall–Kier alpha value is -0.781. The summed E-state index contributed by atoms with van der Waals surface area (Å²) in [6.07, 6.45) is 2.89. The molecule has 0 aliphatic heterocycles. The van der Waals surface area contributed by atoms with Gasteiger partial charge in [0.2, 0.25) is 0 Å². The number of hydrogen-bond donors (Lipinski definition) is 0. The fourth-order valence-electron chi connectivity index (χ4n) is 1.13. The Morgan fingerprint density at radius 3 is 0.593 bits per heavy atom. The van der Waals surface area contributed by atoms with E-state index in [0.29, 0.717) is 0 Å². The van der Waals surface area contributed by atoms with E-state index in [-0.39, 0.29) is 68.7 Å². The van der Waals surface area contributed by atoms with Gasteiger partial charge in [-0.05, 0) is 0 Å². The summed E-state index contributed by atoms with van der Waals surface area (Å²) in [5.41, 5.74) is -1.23.